The van der Waals surface area contributed by atoms with Crippen molar-refractivity contribution in [2.45, 2.75) is 34.2 Å². The zero-order chi connectivity index (χ0) is 13.7. The highest BCUT2D eigenvalue weighted by atomic mass is 35.5. The third-order valence-corrected chi connectivity index (χ3v) is 4.02. The molecule has 0 fully saturated rings. The van der Waals surface area contributed by atoms with Crippen LogP contribution in [-0.4, -0.2) is 6.54 Å². The molecule has 0 saturated carbocycles. The van der Waals surface area contributed by atoms with E-state index in [9.17, 15) is 0 Å². The average molecular weight is 288 g/mol. The molecule has 0 radical (unpaired) electrons. The monoisotopic (exact) mass is 287 g/mol. The fraction of sp³-hybridized carbons (Fsp3) is 0.600. The van der Waals surface area contributed by atoms with Crippen LogP contribution in [0.25, 0.3) is 0 Å². The molecule has 3 heteroatoms. The lowest BCUT2D eigenvalue weighted by Gasteiger charge is -2.25. The largest absolute Gasteiger partial charge is 0.312 e. The predicted octanol–water partition coefficient (Wildman–Crippen LogP) is 5.01. The van der Waals surface area contributed by atoms with E-state index in [0.29, 0.717) is 17.8 Å². The lowest BCUT2D eigenvalue weighted by molar-refractivity contribution is 0.275. The van der Waals surface area contributed by atoms with Crippen LogP contribution in [0.5, 0.6) is 0 Å². The number of rotatable bonds is 6. The Hall–Kier alpha value is -0.240. The molecule has 0 aliphatic rings. The van der Waals surface area contributed by atoms with E-state index in [4.69, 9.17) is 23.2 Å². The molecule has 18 heavy (non-hydrogen) atoms. The summed E-state index contributed by atoms with van der Waals surface area (Å²) in [6, 6.07) is 5.60. The highest BCUT2D eigenvalue weighted by Crippen LogP contribution is 2.22. The molecule has 1 aromatic rings. The molecule has 1 rings (SSSR count). The molecule has 1 nitrogen and oxygen atoms in total. The maximum absolute atomic E-state index is 6.14. The Bertz CT molecular complexity index is 367. The fourth-order valence-electron chi connectivity index (χ4n) is 2.29. The van der Waals surface area contributed by atoms with Gasteiger partial charge in [0.15, 0.2) is 0 Å². The summed E-state index contributed by atoms with van der Waals surface area (Å²) in [5, 5.41) is 5.00. The first kappa shape index (κ1) is 15.8. The first-order valence-corrected chi connectivity index (χ1v) is 7.32. The molecule has 0 saturated heterocycles. The summed E-state index contributed by atoms with van der Waals surface area (Å²) in [6.45, 7) is 10.9. The predicted molar refractivity (Wildman–Crippen MR) is 81.3 cm³/mol. The molecule has 0 bridgehead atoms. The average Bonchev–Trinajstić information content (AvgIpc) is 2.27. The zero-order valence-corrected chi connectivity index (χ0v) is 13.1. The van der Waals surface area contributed by atoms with E-state index in [1.54, 1.807) is 0 Å². The summed E-state index contributed by atoms with van der Waals surface area (Å²) in [4.78, 5) is 0. The van der Waals surface area contributed by atoms with Gasteiger partial charge in [-0.25, -0.2) is 0 Å². The smallest absolute Gasteiger partial charge is 0.0451 e. The fourth-order valence-corrected chi connectivity index (χ4v) is 2.67. The quantitative estimate of drug-likeness (QED) is 0.775. The van der Waals surface area contributed by atoms with Crippen molar-refractivity contribution in [1.82, 2.24) is 5.32 Å². The van der Waals surface area contributed by atoms with Gasteiger partial charge in [-0.1, -0.05) is 50.9 Å². The lowest BCUT2D eigenvalue weighted by atomic mass is 9.85. The molecule has 0 atom stereocenters. The van der Waals surface area contributed by atoms with Crippen LogP contribution in [-0.2, 0) is 6.54 Å². The van der Waals surface area contributed by atoms with Crippen molar-refractivity contribution in [3.05, 3.63) is 33.8 Å². The van der Waals surface area contributed by atoms with Gasteiger partial charge in [-0.05, 0) is 48.1 Å². The van der Waals surface area contributed by atoms with Crippen molar-refractivity contribution in [1.29, 1.82) is 0 Å². The summed E-state index contributed by atoms with van der Waals surface area (Å²) in [5.41, 5.74) is 1.07. The van der Waals surface area contributed by atoms with Crippen LogP contribution in [0.4, 0.5) is 0 Å². The number of halogens is 2. The molecule has 0 spiro atoms. The number of benzene rings is 1. The highest BCUT2D eigenvalue weighted by Gasteiger charge is 2.16. The van der Waals surface area contributed by atoms with Gasteiger partial charge < -0.3 is 5.32 Å². The van der Waals surface area contributed by atoms with Crippen molar-refractivity contribution in [3.63, 3.8) is 0 Å². The van der Waals surface area contributed by atoms with Crippen LogP contribution in [0, 0.1) is 17.8 Å². The maximum atomic E-state index is 6.14. The summed E-state index contributed by atoms with van der Waals surface area (Å²) in [6.07, 6.45) is 0. The van der Waals surface area contributed by atoms with Gasteiger partial charge in [0.25, 0.3) is 0 Å². The number of hydrogen-bond donors (Lipinski definition) is 1. The van der Waals surface area contributed by atoms with E-state index in [-0.39, 0.29) is 0 Å². The number of nitrogens with one attached hydrogen (secondary N) is 1. The molecule has 102 valence electrons. The molecule has 0 unspecified atom stereocenters. The Morgan fingerprint density at radius 2 is 1.67 bits per heavy atom. The van der Waals surface area contributed by atoms with Gasteiger partial charge in [0, 0.05) is 16.6 Å². The molecule has 1 N–H and O–H groups in total. The van der Waals surface area contributed by atoms with Gasteiger partial charge >= 0.3 is 0 Å². The third kappa shape index (κ3) is 4.79. The minimum Gasteiger partial charge on any atom is -0.312 e. The minimum absolute atomic E-state index is 0.683. The van der Waals surface area contributed by atoms with Gasteiger partial charge in [0.05, 0.1) is 0 Å². The summed E-state index contributed by atoms with van der Waals surface area (Å²) >= 11 is 12.1. The van der Waals surface area contributed by atoms with Crippen LogP contribution in [0.15, 0.2) is 18.2 Å². The van der Waals surface area contributed by atoms with Crippen LogP contribution < -0.4 is 5.32 Å². The second kappa shape index (κ2) is 7.37. The molecule has 0 amide bonds. The molecule has 0 aliphatic carbocycles. The van der Waals surface area contributed by atoms with Crippen LogP contribution in [0.2, 0.25) is 10.0 Å². The molecule has 0 heterocycles. The SMILES string of the molecule is CC(C)C(CNCc1cc(Cl)ccc1Cl)C(C)C. The topological polar surface area (TPSA) is 12.0 Å². The summed E-state index contributed by atoms with van der Waals surface area (Å²) in [5.74, 6) is 2.06. The van der Waals surface area contributed by atoms with E-state index in [1.165, 1.54) is 0 Å². The Kier molecular flexibility index (Phi) is 6.48. The van der Waals surface area contributed by atoms with Crippen molar-refractivity contribution in [3.8, 4) is 0 Å². The van der Waals surface area contributed by atoms with Crippen LogP contribution in [0.1, 0.15) is 33.3 Å². The summed E-state index contributed by atoms with van der Waals surface area (Å²) in [7, 11) is 0. The van der Waals surface area contributed by atoms with Crippen molar-refractivity contribution in [2.75, 3.05) is 6.54 Å². The molecule has 1 aromatic carbocycles. The van der Waals surface area contributed by atoms with E-state index in [0.717, 1.165) is 28.7 Å². The third-order valence-electron chi connectivity index (χ3n) is 3.42. The second-order valence-corrected chi connectivity index (χ2v) is 6.36. The van der Waals surface area contributed by atoms with Crippen LogP contribution >= 0.6 is 23.2 Å². The van der Waals surface area contributed by atoms with E-state index in [1.807, 2.05) is 18.2 Å². The van der Waals surface area contributed by atoms with Gasteiger partial charge in [-0.3, -0.25) is 0 Å². The molecule has 0 aromatic heterocycles. The maximum Gasteiger partial charge on any atom is 0.0451 e. The Labute approximate surface area is 121 Å². The Balaban J connectivity index is 2.52. The normalized spacial score (nSPS) is 11.8. The van der Waals surface area contributed by atoms with Gasteiger partial charge in [-0.15, -0.1) is 0 Å². The zero-order valence-electron chi connectivity index (χ0n) is 11.6. The van der Waals surface area contributed by atoms with E-state index < -0.39 is 0 Å². The van der Waals surface area contributed by atoms with Crippen molar-refractivity contribution >= 4 is 23.2 Å². The van der Waals surface area contributed by atoms with Crippen molar-refractivity contribution in [2.24, 2.45) is 17.8 Å². The Morgan fingerprint density at radius 1 is 1.06 bits per heavy atom. The van der Waals surface area contributed by atoms with E-state index in [2.05, 4.69) is 33.0 Å². The van der Waals surface area contributed by atoms with Gasteiger partial charge in [0.2, 0.25) is 0 Å². The molecular formula is C15H23Cl2N. The first-order chi connectivity index (χ1) is 8.41. The number of hydrogen-bond acceptors (Lipinski definition) is 1. The molecular weight excluding hydrogens is 265 g/mol. The molecule has 0 aliphatic heterocycles. The summed E-state index contributed by atoms with van der Waals surface area (Å²) < 4.78 is 0. The minimum atomic E-state index is 0.683. The Morgan fingerprint density at radius 3 is 2.22 bits per heavy atom. The lowest BCUT2D eigenvalue weighted by Crippen LogP contribution is -2.29. The van der Waals surface area contributed by atoms with Crippen LogP contribution in [0.3, 0.4) is 0 Å². The van der Waals surface area contributed by atoms with Crippen molar-refractivity contribution < 1.29 is 0 Å². The second-order valence-electron chi connectivity index (χ2n) is 5.52. The highest BCUT2D eigenvalue weighted by molar-refractivity contribution is 6.33. The van der Waals surface area contributed by atoms with Gasteiger partial charge in [-0.2, -0.15) is 0 Å². The standard InChI is InChI=1S/C15H23Cl2N/c1-10(2)14(11(3)4)9-18-8-12-7-13(16)5-6-15(12)17/h5-7,10-11,14,18H,8-9H2,1-4H3. The first-order valence-electron chi connectivity index (χ1n) is 6.56. The van der Waals surface area contributed by atoms with E-state index >= 15 is 0 Å². The van der Waals surface area contributed by atoms with Gasteiger partial charge in [0.1, 0.15) is 0 Å².